The third-order valence-corrected chi connectivity index (χ3v) is 5.47. The van der Waals surface area contributed by atoms with Crippen molar-refractivity contribution in [2.24, 2.45) is 0 Å². The molecule has 0 spiro atoms. The third-order valence-electron chi connectivity index (χ3n) is 5.00. The van der Waals surface area contributed by atoms with Gasteiger partial charge >= 0.3 is 11.9 Å². The van der Waals surface area contributed by atoms with Crippen molar-refractivity contribution in [2.45, 2.75) is 0 Å². The summed E-state index contributed by atoms with van der Waals surface area (Å²) in [5.74, 6) is -3.36. The first-order valence-electron chi connectivity index (χ1n) is 10.0. The van der Waals surface area contributed by atoms with Crippen molar-refractivity contribution in [3.05, 3.63) is 57.6 Å². The highest BCUT2D eigenvalue weighted by molar-refractivity contribution is 6.31. The van der Waals surface area contributed by atoms with Crippen LogP contribution in [0.15, 0.2) is 36.4 Å². The van der Waals surface area contributed by atoms with Crippen molar-refractivity contribution in [3.63, 3.8) is 0 Å². The van der Waals surface area contributed by atoms with Crippen LogP contribution in [0.1, 0.15) is 20.7 Å². The molecule has 180 valence electrons. The molecule has 12 heteroatoms. The smallest absolute Gasteiger partial charge is 0.342 e. The second-order valence-electron chi connectivity index (χ2n) is 7.24. The largest absolute Gasteiger partial charge is 0.507 e. The minimum Gasteiger partial charge on any atom is -0.507 e. The SMILES string of the molecule is O=C(OCC(=O)N1CCN(C(=O)COC(=O)c2cc(Cl)ccc2O)CC1)c1cc(Cl)ccc1O. The Labute approximate surface area is 204 Å². The summed E-state index contributed by atoms with van der Waals surface area (Å²) in [6, 6.07) is 7.75. The lowest BCUT2D eigenvalue weighted by atomic mass is 10.2. The Bertz CT molecular complexity index is 1030. The normalized spacial score (nSPS) is 13.4. The molecular weight excluding hydrogens is 491 g/mol. The molecule has 0 aliphatic carbocycles. The van der Waals surface area contributed by atoms with Gasteiger partial charge in [-0.3, -0.25) is 9.59 Å². The van der Waals surface area contributed by atoms with Crippen molar-refractivity contribution in [1.82, 2.24) is 9.80 Å². The minimum atomic E-state index is -0.894. The van der Waals surface area contributed by atoms with Crippen LogP contribution in [-0.4, -0.2) is 83.2 Å². The van der Waals surface area contributed by atoms with Gasteiger partial charge in [-0.15, -0.1) is 0 Å². The molecule has 1 aliphatic heterocycles. The lowest BCUT2D eigenvalue weighted by Crippen LogP contribution is -2.52. The lowest BCUT2D eigenvalue weighted by Gasteiger charge is -2.34. The number of nitrogens with zero attached hydrogens (tertiary/aromatic N) is 2. The van der Waals surface area contributed by atoms with Crippen LogP contribution < -0.4 is 0 Å². The van der Waals surface area contributed by atoms with E-state index in [4.69, 9.17) is 32.7 Å². The van der Waals surface area contributed by atoms with Gasteiger partial charge in [0, 0.05) is 36.2 Å². The number of hydrogen-bond donors (Lipinski definition) is 2. The number of esters is 2. The summed E-state index contributed by atoms with van der Waals surface area (Å²) >= 11 is 11.6. The van der Waals surface area contributed by atoms with Crippen LogP contribution in [0.4, 0.5) is 0 Å². The molecule has 0 aromatic heterocycles. The topological polar surface area (TPSA) is 134 Å². The molecule has 10 nitrogen and oxygen atoms in total. The predicted molar refractivity (Wildman–Crippen MR) is 120 cm³/mol. The highest BCUT2D eigenvalue weighted by Crippen LogP contribution is 2.23. The molecule has 2 aromatic rings. The number of halogens is 2. The standard InChI is InChI=1S/C22H20Cl2N2O8/c23-13-1-3-17(27)15(9-13)21(31)33-11-19(29)25-5-7-26(8-6-25)20(30)12-34-22(32)16-10-14(24)2-4-18(16)28/h1-4,9-10,27-28H,5-8,11-12H2. The minimum absolute atomic E-state index is 0.156. The zero-order valence-corrected chi connectivity index (χ0v) is 19.2. The fourth-order valence-electron chi connectivity index (χ4n) is 3.14. The number of piperazine rings is 1. The third kappa shape index (κ3) is 6.30. The van der Waals surface area contributed by atoms with Gasteiger partial charge in [0.1, 0.15) is 22.6 Å². The average Bonchev–Trinajstić information content (AvgIpc) is 2.83. The molecule has 34 heavy (non-hydrogen) atoms. The monoisotopic (exact) mass is 510 g/mol. The first-order valence-corrected chi connectivity index (χ1v) is 10.8. The van der Waals surface area contributed by atoms with Crippen molar-refractivity contribution in [1.29, 1.82) is 0 Å². The van der Waals surface area contributed by atoms with E-state index in [1.54, 1.807) is 0 Å². The Morgan fingerprint density at radius 2 is 1.06 bits per heavy atom. The van der Waals surface area contributed by atoms with Crippen molar-refractivity contribution in [3.8, 4) is 11.5 Å². The number of phenolic OH excluding ortho intramolecular Hbond substituents is 2. The number of phenols is 2. The van der Waals surface area contributed by atoms with Crippen molar-refractivity contribution >= 4 is 47.0 Å². The quantitative estimate of drug-likeness (QED) is 0.564. The Balaban J connectivity index is 1.43. The zero-order valence-electron chi connectivity index (χ0n) is 17.7. The molecule has 1 aliphatic rings. The second kappa shape index (κ2) is 11.1. The van der Waals surface area contributed by atoms with E-state index >= 15 is 0 Å². The van der Waals surface area contributed by atoms with Gasteiger partial charge in [-0.1, -0.05) is 23.2 Å². The number of ether oxygens (including phenoxy) is 2. The predicted octanol–water partition coefficient (Wildman–Crippen LogP) is 2.09. The summed E-state index contributed by atoms with van der Waals surface area (Å²) in [4.78, 5) is 51.7. The zero-order chi connectivity index (χ0) is 24.8. The Morgan fingerprint density at radius 3 is 1.41 bits per heavy atom. The molecule has 2 amide bonds. The number of carbonyl (C=O) groups is 4. The fraction of sp³-hybridized carbons (Fsp3) is 0.273. The maximum absolute atomic E-state index is 12.3. The van der Waals surface area contributed by atoms with Crippen molar-refractivity contribution in [2.75, 3.05) is 39.4 Å². The van der Waals surface area contributed by atoms with Crippen LogP contribution in [-0.2, 0) is 19.1 Å². The van der Waals surface area contributed by atoms with Gasteiger partial charge in [-0.2, -0.15) is 0 Å². The fourth-order valence-corrected chi connectivity index (χ4v) is 3.49. The number of amides is 2. The molecule has 0 radical (unpaired) electrons. The van der Waals surface area contributed by atoms with E-state index in [1.165, 1.54) is 46.2 Å². The number of carbonyl (C=O) groups excluding carboxylic acids is 4. The molecule has 0 unspecified atom stereocenters. The maximum atomic E-state index is 12.3. The Hall–Kier alpha value is -3.50. The van der Waals surface area contributed by atoms with E-state index in [1.807, 2.05) is 0 Å². The molecular formula is C22H20Cl2N2O8. The summed E-state index contributed by atoms with van der Waals surface area (Å²) < 4.78 is 9.92. The van der Waals surface area contributed by atoms with Gasteiger partial charge in [-0.25, -0.2) is 9.59 Å². The van der Waals surface area contributed by atoms with Crippen LogP contribution in [0.5, 0.6) is 11.5 Å². The van der Waals surface area contributed by atoms with Gasteiger partial charge in [-0.05, 0) is 36.4 Å². The van der Waals surface area contributed by atoms with Crippen LogP contribution >= 0.6 is 23.2 Å². The van der Waals surface area contributed by atoms with Crippen LogP contribution in [0.25, 0.3) is 0 Å². The number of benzene rings is 2. The summed E-state index contributed by atoms with van der Waals surface area (Å²) in [6.07, 6.45) is 0. The highest BCUT2D eigenvalue weighted by Gasteiger charge is 2.26. The van der Waals surface area contributed by atoms with Gasteiger partial charge in [0.15, 0.2) is 13.2 Å². The Morgan fingerprint density at radius 1 is 0.706 bits per heavy atom. The molecule has 3 rings (SSSR count). The molecule has 2 N–H and O–H groups in total. The summed E-state index contributed by atoms with van der Waals surface area (Å²) in [6.45, 7) is -0.332. The highest BCUT2D eigenvalue weighted by atomic mass is 35.5. The van der Waals surface area contributed by atoms with E-state index in [0.717, 1.165) is 0 Å². The molecule has 0 saturated carbocycles. The van der Waals surface area contributed by atoms with E-state index in [2.05, 4.69) is 0 Å². The molecule has 1 heterocycles. The summed E-state index contributed by atoms with van der Waals surface area (Å²) in [5, 5.41) is 19.9. The van der Waals surface area contributed by atoms with Crippen LogP contribution in [0, 0.1) is 0 Å². The molecule has 1 saturated heterocycles. The molecule has 1 fully saturated rings. The molecule has 0 bridgehead atoms. The van der Waals surface area contributed by atoms with Gasteiger partial charge in [0.25, 0.3) is 11.8 Å². The first kappa shape index (κ1) is 25.1. The number of aromatic hydroxyl groups is 2. The van der Waals surface area contributed by atoms with Gasteiger partial charge in [0.2, 0.25) is 0 Å². The summed E-state index contributed by atoms with van der Waals surface area (Å²) in [5.41, 5.74) is -0.312. The van der Waals surface area contributed by atoms with Crippen molar-refractivity contribution < 1.29 is 38.9 Å². The van der Waals surface area contributed by atoms with Crippen LogP contribution in [0.3, 0.4) is 0 Å². The lowest BCUT2D eigenvalue weighted by molar-refractivity contribution is -0.142. The van der Waals surface area contributed by atoms with Gasteiger partial charge in [0.05, 0.1) is 0 Å². The van der Waals surface area contributed by atoms with Gasteiger partial charge < -0.3 is 29.5 Å². The van der Waals surface area contributed by atoms with E-state index in [9.17, 15) is 29.4 Å². The first-order chi connectivity index (χ1) is 16.2. The second-order valence-corrected chi connectivity index (χ2v) is 8.11. The van der Waals surface area contributed by atoms with E-state index in [-0.39, 0.29) is 58.9 Å². The Kier molecular flexibility index (Phi) is 8.19. The number of hydrogen-bond acceptors (Lipinski definition) is 8. The van der Waals surface area contributed by atoms with E-state index in [0.29, 0.717) is 0 Å². The average molecular weight is 511 g/mol. The maximum Gasteiger partial charge on any atom is 0.342 e. The molecule has 0 atom stereocenters. The summed E-state index contributed by atoms with van der Waals surface area (Å²) in [7, 11) is 0. The number of rotatable bonds is 6. The van der Waals surface area contributed by atoms with Crippen LogP contribution in [0.2, 0.25) is 10.0 Å². The molecule has 2 aromatic carbocycles. The van der Waals surface area contributed by atoms with E-state index < -0.39 is 37.0 Å².